The third-order valence-electron chi connectivity index (χ3n) is 5.30. The largest absolute Gasteiger partial charge is 0.457 e. The van der Waals surface area contributed by atoms with Gasteiger partial charge in [-0.05, 0) is 67.4 Å². The van der Waals surface area contributed by atoms with E-state index in [1.54, 1.807) is 24.3 Å². The fraction of sp³-hybridized carbons (Fsp3) is 0.200. The van der Waals surface area contributed by atoms with Gasteiger partial charge in [-0.2, -0.15) is 4.31 Å². The third-order valence-corrected chi connectivity index (χ3v) is 7.68. The van der Waals surface area contributed by atoms with Crippen LogP contribution in [0.25, 0.3) is 0 Å². The number of esters is 1. The van der Waals surface area contributed by atoms with E-state index in [0.29, 0.717) is 30.3 Å². The lowest BCUT2D eigenvalue weighted by atomic mass is 10.2. The third kappa shape index (κ3) is 6.19. The topological polar surface area (TPSA) is 102 Å². The number of benzene rings is 3. The average Bonchev–Trinajstić information content (AvgIpc) is 3.41. The van der Waals surface area contributed by atoms with Crippen LogP contribution < -0.4 is 10.1 Å². The molecule has 1 aliphatic rings. The zero-order valence-corrected chi connectivity index (χ0v) is 20.2. The van der Waals surface area contributed by atoms with Crippen LogP contribution in [0.1, 0.15) is 23.2 Å². The van der Waals surface area contributed by atoms with Crippen LogP contribution in [-0.2, 0) is 19.6 Å². The number of amides is 1. The van der Waals surface area contributed by atoms with Crippen LogP contribution in [-0.4, -0.2) is 44.3 Å². The van der Waals surface area contributed by atoms with Crippen molar-refractivity contribution in [1.82, 2.24) is 4.31 Å². The highest BCUT2D eigenvalue weighted by Crippen LogP contribution is 2.28. The molecule has 0 unspecified atom stereocenters. The molecule has 0 radical (unpaired) electrons. The second kappa shape index (κ2) is 10.9. The molecule has 0 aliphatic carbocycles. The summed E-state index contributed by atoms with van der Waals surface area (Å²) in [6, 6.07) is 19.9. The number of para-hydroxylation sites is 1. The molecule has 1 saturated heterocycles. The smallest absolute Gasteiger partial charge is 0.338 e. The van der Waals surface area contributed by atoms with Crippen molar-refractivity contribution in [3.05, 3.63) is 83.4 Å². The Morgan fingerprint density at radius 1 is 0.914 bits per heavy atom. The second-order valence-electron chi connectivity index (χ2n) is 7.82. The highest BCUT2D eigenvalue weighted by Gasteiger charge is 2.30. The summed E-state index contributed by atoms with van der Waals surface area (Å²) in [7, 11) is -3.82. The van der Waals surface area contributed by atoms with Gasteiger partial charge in [0.2, 0.25) is 10.0 Å². The van der Waals surface area contributed by atoms with Crippen molar-refractivity contribution >= 4 is 39.2 Å². The molecule has 10 heteroatoms. The van der Waals surface area contributed by atoms with Gasteiger partial charge in [0.25, 0.3) is 5.91 Å². The van der Waals surface area contributed by atoms with Crippen molar-refractivity contribution < 1.29 is 27.5 Å². The number of halogens is 1. The number of hydrogen-bond acceptors (Lipinski definition) is 6. The summed E-state index contributed by atoms with van der Waals surface area (Å²) in [5, 5.41) is 2.65. The van der Waals surface area contributed by atoms with Crippen molar-refractivity contribution in [2.75, 3.05) is 25.0 Å². The van der Waals surface area contributed by atoms with Gasteiger partial charge in [0.05, 0.1) is 10.6 Å². The van der Waals surface area contributed by atoms with E-state index >= 15 is 0 Å². The first-order valence-corrected chi connectivity index (χ1v) is 12.7. The molecule has 3 aromatic rings. The van der Waals surface area contributed by atoms with E-state index in [1.165, 1.54) is 22.5 Å². The van der Waals surface area contributed by atoms with Gasteiger partial charge in [0.15, 0.2) is 6.61 Å². The molecule has 3 aromatic carbocycles. The number of nitrogens with one attached hydrogen (secondary N) is 1. The number of anilines is 1. The maximum Gasteiger partial charge on any atom is 0.338 e. The van der Waals surface area contributed by atoms with E-state index in [9.17, 15) is 18.0 Å². The first-order valence-electron chi connectivity index (χ1n) is 10.9. The monoisotopic (exact) mass is 514 g/mol. The highest BCUT2D eigenvalue weighted by molar-refractivity contribution is 7.89. The Bertz CT molecular complexity index is 1310. The molecule has 1 N–H and O–H groups in total. The molecular formula is C25H23ClN2O6S. The summed E-state index contributed by atoms with van der Waals surface area (Å²) in [4.78, 5) is 24.5. The normalized spacial score (nSPS) is 13.9. The van der Waals surface area contributed by atoms with Crippen molar-refractivity contribution in [1.29, 1.82) is 0 Å². The average molecular weight is 515 g/mol. The zero-order valence-electron chi connectivity index (χ0n) is 18.6. The molecule has 4 rings (SSSR count). The summed E-state index contributed by atoms with van der Waals surface area (Å²) in [5.41, 5.74) is 0.485. The number of nitrogens with zero attached hydrogens (tertiary/aromatic N) is 1. The molecule has 1 aliphatic heterocycles. The molecule has 0 aromatic heterocycles. The molecule has 0 saturated carbocycles. The minimum Gasteiger partial charge on any atom is -0.457 e. The summed E-state index contributed by atoms with van der Waals surface area (Å²) in [6.45, 7) is 0.275. The predicted molar refractivity (Wildman–Crippen MR) is 131 cm³/mol. The maximum atomic E-state index is 12.8. The Hall–Kier alpha value is -3.40. The van der Waals surface area contributed by atoms with Gasteiger partial charge >= 0.3 is 5.97 Å². The van der Waals surface area contributed by atoms with Crippen LogP contribution in [0.5, 0.6) is 11.5 Å². The first-order chi connectivity index (χ1) is 16.8. The van der Waals surface area contributed by atoms with Crippen LogP contribution in [0, 0.1) is 0 Å². The highest BCUT2D eigenvalue weighted by atomic mass is 35.5. The SMILES string of the molecule is O=C(COC(=O)c1ccc(Cl)c(S(=O)(=O)N2CCCC2)c1)Nc1ccc(Oc2ccccc2)cc1. The van der Waals surface area contributed by atoms with Gasteiger partial charge in [-0.1, -0.05) is 29.8 Å². The number of carbonyl (C=O) groups excluding carboxylic acids is 2. The van der Waals surface area contributed by atoms with Crippen molar-refractivity contribution in [3.63, 3.8) is 0 Å². The molecule has 1 amide bonds. The summed E-state index contributed by atoms with van der Waals surface area (Å²) in [6.07, 6.45) is 1.55. The quantitative estimate of drug-likeness (QED) is 0.437. The van der Waals surface area contributed by atoms with Gasteiger partial charge in [0, 0.05) is 18.8 Å². The number of hydrogen-bond donors (Lipinski definition) is 1. The molecule has 1 heterocycles. The van der Waals surface area contributed by atoms with Crippen LogP contribution in [0.15, 0.2) is 77.7 Å². The van der Waals surface area contributed by atoms with Gasteiger partial charge < -0.3 is 14.8 Å². The first kappa shape index (κ1) is 24.7. The molecule has 8 nitrogen and oxygen atoms in total. The Morgan fingerprint density at radius 3 is 2.26 bits per heavy atom. The molecule has 0 spiro atoms. The Balaban J connectivity index is 1.33. The number of carbonyl (C=O) groups is 2. The van der Waals surface area contributed by atoms with Crippen LogP contribution in [0.3, 0.4) is 0 Å². The molecule has 1 fully saturated rings. The van der Waals surface area contributed by atoms with Crippen molar-refractivity contribution in [2.45, 2.75) is 17.7 Å². The van der Waals surface area contributed by atoms with Crippen LogP contribution in [0.4, 0.5) is 5.69 Å². The minimum absolute atomic E-state index is 0.0117. The van der Waals surface area contributed by atoms with E-state index in [4.69, 9.17) is 21.1 Å². The minimum atomic E-state index is -3.82. The van der Waals surface area contributed by atoms with Crippen LogP contribution >= 0.6 is 11.6 Å². The summed E-state index contributed by atoms with van der Waals surface area (Å²) in [5.74, 6) is -0.0897. The van der Waals surface area contributed by atoms with Gasteiger partial charge in [-0.15, -0.1) is 0 Å². The van der Waals surface area contributed by atoms with E-state index < -0.39 is 28.5 Å². The molecule has 182 valence electrons. The van der Waals surface area contributed by atoms with Gasteiger partial charge in [0.1, 0.15) is 16.4 Å². The van der Waals surface area contributed by atoms with E-state index in [0.717, 1.165) is 12.8 Å². The molecular weight excluding hydrogens is 492 g/mol. The Kier molecular flexibility index (Phi) is 7.70. The summed E-state index contributed by atoms with van der Waals surface area (Å²) < 4.78 is 37.8. The molecule has 35 heavy (non-hydrogen) atoms. The fourth-order valence-electron chi connectivity index (χ4n) is 3.54. The predicted octanol–water partition coefficient (Wildman–Crippen LogP) is 4.71. The van der Waals surface area contributed by atoms with E-state index in [1.807, 2.05) is 30.3 Å². The second-order valence-corrected chi connectivity index (χ2v) is 10.1. The van der Waals surface area contributed by atoms with Gasteiger partial charge in [-0.3, -0.25) is 4.79 Å². The van der Waals surface area contributed by atoms with Crippen molar-refractivity contribution in [2.24, 2.45) is 0 Å². The maximum absolute atomic E-state index is 12.8. The van der Waals surface area contributed by atoms with E-state index in [2.05, 4.69) is 5.32 Å². The Morgan fingerprint density at radius 2 is 1.57 bits per heavy atom. The van der Waals surface area contributed by atoms with Crippen molar-refractivity contribution in [3.8, 4) is 11.5 Å². The molecule has 0 bridgehead atoms. The number of sulfonamides is 1. The van der Waals surface area contributed by atoms with Crippen LogP contribution in [0.2, 0.25) is 5.02 Å². The number of rotatable bonds is 8. The number of ether oxygens (including phenoxy) is 2. The summed E-state index contributed by atoms with van der Waals surface area (Å²) >= 11 is 6.11. The van der Waals surface area contributed by atoms with Gasteiger partial charge in [-0.25, -0.2) is 13.2 Å². The Labute approximate surface area is 208 Å². The van der Waals surface area contributed by atoms with E-state index in [-0.39, 0.29) is 15.5 Å². The zero-order chi connectivity index (χ0) is 24.8. The standard InChI is InChI=1S/C25H23ClN2O6S/c26-22-13-8-18(16-23(22)35(31,32)28-14-4-5-15-28)25(30)33-17-24(29)27-19-9-11-21(12-10-19)34-20-6-2-1-3-7-20/h1-3,6-13,16H,4-5,14-15,17H2,(H,27,29). The fourth-order valence-corrected chi connectivity index (χ4v) is 5.56. The lowest BCUT2D eigenvalue weighted by Gasteiger charge is -2.17. The lowest BCUT2D eigenvalue weighted by Crippen LogP contribution is -2.28. The lowest BCUT2D eigenvalue weighted by molar-refractivity contribution is -0.119. The molecule has 0 atom stereocenters.